The summed E-state index contributed by atoms with van der Waals surface area (Å²) in [7, 11) is 0. The van der Waals surface area contributed by atoms with Crippen LogP contribution in [0.15, 0.2) is 48.5 Å². The summed E-state index contributed by atoms with van der Waals surface area (Å²) < 4.78 is 0. The molecule has 0 aliphatic heterocycles. The molecule has 2 rings (SSSR count). The molecule has 1 unspecified atom stereocenters. The van der Waals surface area contributed by atoms with E-state index >= 15 is 0 Å². The lowest BCUT2D eigenvalue weighted by Gasteiger charge is -2.19. The molecule has 112 valence electrons. The first-order chi connectivity index (χ1) is 10.2. The zero-order valence-electron chi connectivity index (χ0n) is 13.5. The van der Waals surface area contributed by atoms with Gasteiger partial charge in [-0.1, -0.05) is 61.0 Å². The second-order valence-corrected chi connectivity index (χ2v) is 5.99. The number of nitrogens with one attached hydrogen (secondary N) is 1. The summed E-state index contributed by atoms with van der Waals surface area (Å²) in [6.07, 6.45) is 2.29. The summed E-state index contributed by atoms with van der Waals surface area (Å²) in [5.41, 5.74) is 5.66. The second kappa shape index (κ2) is 7.99. The van der Waals surface area contributed by atoms with Gasteiger partial charge in [0.2, 0.25) is 0 Å². The van der Waals surface area contributed by atoms with Crippen LogP contribution < -0.4 is 5.32 Å². The third-order valence-electron chi connectivity index (χ3n) is 4.10. The molecule has 0 aromatic heterocycles. The van der Waals surface area contributed by atoms with Gasteiger partial charge in [0.15, 0.2) is 0 Å². The van der Waals surface area contributed by atoms with E-state index in [0.29, 0.717) is 5.92 Å². The summed E-state index contributed by atoms with van der Waals surface area (Å²) in [4.78, 5) is 0. The van der Waals surface area contributed by atoms with Crippen molar-refractivity contribution < 1.29 is 0 Å². The molecule has 0 bridgehead atoms. The van der Waals surface area contributed by atoms with Crippen molar-refractivity contribution in [3.63, 3.8) is 0 Å². The van der Waals surface area contributed by atoms with Crippen molar-refractivity contribution in [2.75, 3.05) is 13.1 Å². The zero-order chi connectivity index (χ0) is 15.1. The molecular weight excluding hydrogens is 254 g/mol. The normalized spacial score (nSPS) is 12.3. The van der Waals surface area contributed by atoms with Crippen LogP contribution in [-0.2, 0) is 12.8 Å². The molecule has 1 atom stereocenters. The van der Waals surface area contributed by atoms with Crippen LogP contribution in [0.5, 0.6) is 0 Å². The van der Waals surface area contributed by atoms with Crippen LogP contribution in [0.25, 0.3) is 0 Å². The standard InChI is InChI=1S/C20H27N/c1-4-21-15-19(13-18-11-9-16(2)10-12-18)14-20-8-6-5-7-17(20)3/h5-12,19,21H,4,13-15H2,1-3H3. The minimum Gasteiger partial charge on any atom is -0.317 e. The van der Waals surface area contributed by atoms with Gasteiger partial charge in [-0.3, -0.25) is 0 Å². The molecule has 2 aromatic carbocycles. The van der Waals surface area contributed by atoms with E-state index in [9.17, 15) is 0 Å². The Morgan fingerprint density at radius 3 is 2.29 bits per heavy atom. The van der Waals surface area contributed by atoms with Gasteiger partial charge in [0.05, 0.1) is 0 Å². The maximum absolute atomic E-state index is 3.52. The molecule has 0 fully saturated rings. The van der Waals surface area contributed by atoms with Gasteiger partial charge in [-0.05, 0) is 62.4 Å². The molecule has 0 heterocycles. The van der Waals surface area contributed by atoms with Crippen molar-refractivity contribution in [2.45, 2.75) is 33.6 Å². The van der Waals surface area contributed by atoms with Crippen LogP contribution in [-0.4, -0.2) is 13.1 Å². The summed E-state index contributed by atoms with van der Waals surface area (Å²) in [6, 6.07) is 17.7. The highest BCUT2D eigenvalue weighted by atomic mass is 14.8. The highest BCUT2D eigenvalue weighted by Gasteiger charge is 2.11. The Morgan fingerprint density at radius 2 is 1.62 bits per heavy atom. The SMILES string of the molecule is CCNCC(Cc1ccc(C)cc1)Cc1ccccc1C. The summed E-state index contributed by atoms with van der Waals surface area (Å²) in [6.45, 7) is 8.66. The van der Waals surface area contributed by atoms with Crippen LogP contribution in [0.3, 0.4) is 0 Å². The van der Waals surface area contributed by atoms with Gasteiger partial charge in [0.1, 0.15) is 0 Å². The molecule has 0 amide bonds. The van der Waals surface area contributed by atoms with E-state index in [1.54, 1.807) is 0 Å². The molecule has 0 aliphatic rings. The predicted molar refractivity (Wildman–Crippen MR) is 91.8 cm³/mol. The first-order valence-electron chi connectivity index (χ1n) is 7.99. The Balaban J connectivity index is 2.07. The fourth-order valence-electron chi connectivity index (χ4n) is 2.77. The van der Waals surface area contributed by atoms with Gasteiger partial charge in [-0.15, -0.1) is 0 Å². The number of hydrogen-bond acceptors (Lipinski definition) is 1. The summed E-state index contributed by atoms with van der Waals surface area (Å²) in [5.74, 6) is 0.647. The van der Waals surface area contributed by atoms with Crippen molar-refractivity contribution in [3.8, 4) is 0 Å². The maximum Gasteiger partial charge on any atom is -0.00143 e. The van der Waals surface area contributed by atoms with Gasteiger partial charge in [-0.25, -0.2) is 0 Å². The highest BCUT2D eigenvalue weighted by Crippen LogP contribution is 2.17. The lowest BCUT2D eigenvalue weighted by atomic mass is 9.90. The van der Waals surface area contributed by atoms with Crippen molar-refractivity contribution in [1.29, 1.82) is 0 Å². The largest absolute Gasteiger partial charge is 0.317 e. The number of hydrogen-bond donors (Lipinski definition) is 1. The second-order valence-electron chi connectivity index (χ2n) is 5.99. The highest BCUT2D eigenvalue weighted by molar-refractivity contribution is 5.27. The third kappa shape index (κ3) is 5.02. The molecular formula is C20H27N. The zero-order valence-corrected chi connectivity index (χ0v) is 13.5. The van der Waals surface area contributed by atoms with E-state index in [0.717, 1.165) is 25.9 Å². The fraction of sp³-hybridized carbons (Fsp3) is 0.400. The number of rotatable bonds is 7. The quantitative estimate of drug-likeness (QED) is 0.797. The lowest BCUT2D eigenvalue weighted by molar-refractivity contribution is 0.477. The van der Waals surface area contributed by atoms with Crippen LogP contribution in [0, 0.1) is 19.8 Å². The van der Waals surface area contributed by atoms with E-state index in [2.05, 4.69) is 74.6 Å². The molecule has 2 aromatic rings. The summed E-state index contributed by atoms with van der Waals surface area (Å²) >= 11 is 0. The Labute approximate surface area is 129 Å². The minimum absolute atomic E-state index is 0.647. The first kappa shape index (κ1) is 15.8. The molecule has 0 radical (unpaired) electrons. The molecule has 1 heteroatoms. The Morgan fingerprint density at radius 1 is 0.905 bits per heavy atom. The maximum atomic E-state index is 3.52. The molecule has 0 saturated heterocycles. The molecule has 0 saturated carbocycles. The predicted octanol–water partition coefficient (Wildman–Crippen LogP) is 4.31. The third-order valence-corrected chi connectivity index (χ3v) is 4.10. The Kier molecular flexibility index (Phi) is 6.01. The van der Waals surface area contributed by atoms with Crippen molar-refractivity contribution in [3.05, 3.63) is 70.8 Å². The van der Waals surface area contributed by atoms with E-state index < -0.39 is 0 Å². The lowest BCUT2D eigenvalue weighted by Crippen LogP contribution is -2.26. The van der Waals surface area contributed by atoms with E-state index in [4.69, 9.17) is 0 Å². The molecule has 0 spiro atoms. The van der Waals surface area contributed by atoms with E-state index in [1.165, 1.54) is 22.3 Å². The number of benzene rings is 2. The number of aryl methyl sites for hydroxylation is 2. The molecule has 1 N–H and O–H groups in total. The van der Waals surface area contributed by atoms with Crippen LogP contribution in [0.1, 0.15) is 29.2 Å². The topological polar surface area (TPSA) is 12.0 Å². The average Bonchev–Trinajstić information content (AvgIpc) is 2.49. The fourth-order valence-corrected chi connectivity index (χ4v) is 2.77. The Bertz CT molecular complexity index is 542. The smallest absolute Gasteiger partial charge is 0.00143 e. The monoisotopic (exact) mass is 281 g/mol. The van der Waals surface area contributed by atoms with Gasteiger partial charge in [0.25, 0.3) is 0 Å². The van der Waals surface area contributed by atoms with E-state index in [-0.39, 0.29) is 0 Å². The molecule has 0 aliphatic carbocycles. The van der Waals surface area contributed by atoms with Crippen molar-refractivity contribution in [1.82, 2.24) is 5.32 Å². The molecule has 1 nitrogen and oxygen atoms in total. The summed E-state index contributed by atoms with van der Waals surface area (Å²) in [5, 5.41) is 3.52. The van der Waals surface area contributed by atoms with Crippen molar-refractivity contribution in [2.24, 2.45) is 5.92 Å². The van der Waals surface area contributed by atoms with Crippen LogP contribution in [0.2, 0.25) is 0 Å². The van der Waals surface area contributed by atoms with E-state index in [1.807, 2.05) is 0 Å². The minimum atomic E-state index is 0.647. The Hall–Kier alpha value is -1.60. The van der Waals surface area contributed by atoms with Crippen LogP contribution >= 0.6 is 0 Å². The van der Waals surface area contributed by atoms with Gasteiger partial charge < -0.3 is 5.32 Å². The molecule has 21 heavy (non-hydrogen) atoms. The van der Waals surface area contributed by atoms with Crippen molar-refractivity contribution >= 4 is 0 Å². The van der Waals surface area contributed by atoms with Gasteiger partial charge >= 0.3 is 0 Å². The first-order valence-corrected chi connectivity index (χ1v) is 7.99. The average molecular weight is 281 g/mol. The van der Waals surface area contributed by atoms with Gasteiger partial charge in [-0.2, -0.15) is 0 Å². The van der Waals surface area contributed by atoms with Gasteiger partial charge in [0, 0.05) is 0 Å². The van der Waals surface area contributed by atoms with Crippen LogP contribution in [0.4, 0.5) is 0 Å².